The molecule has 0 saturated heterocycles. The summed E-state index contributed by atoms with van der Waals surface area (Å²) in [5, 5.41) is 3.60. The number of nitrogens with one attached hydrogen (secondary N) is 1. The van der Waals surface area contributed by atoms with Gasteiger partial charge in [-0.05, 0) is 54.7 Å². The molecule has 1 nitrogen and oxygen atoms in total. The molecule has 1 N–H and O–H groups in total. The molecule has 0 radical (unpaired) electrons. The second-order valence-corrected chi connectivity index (χ2v) is 5.75. The summed E-state index contributed by atoms with van der Waals surface area (Å²) < 4.78 is 0. The first-order valence-corrected chi connectivity index (χ1v) is 7.03. The van der Waals surface area contributed by atoms with E-state index in [4.69, 9.17) is 0 Å². The van der Waals surface area contributed by atoms with E-state index < -0.39 is 0 Å². The Hall–Kier alpha value is -0.820. The van der Waals surface area contributed by atoms with Crippen LogP contribution in [0, 0.1) is 11.3 Å². The Bertz CT molecular complexity index is 419. The van der Waals surface area contributed by atoms with E-state index in [1.54, 1.807) is 11.1 Å². The Morgan fingerprint density at radius 2 is 1.94 bits per heavy atom. The molecule has 1 heteroatoms. The van der Waals surface area contributed by atoms with Gasteiger partial charge in [0, 0.05) is 6.04 Å². The molecular weight excluding hydrogens is 206 g/mol. The van der Waals surface area contributed by atoms with Crippen molar-refractivity contribution in [3.05, 3.63) is 35.4 Å². The minimum atomic E-state index is 0.506. The number of fused-ring (bicyclic) bond motifs is 3. The van der Waals surface area contributed by atoms with E-state index in [2.05, 4.69) is 50.5 Å². The van der Waals surface area contributed by atoms with Gasteiger partial charge in [0.15, 0.2) is 0 Å². The third-order valence-corrected chi connectivity index (χ3v) is 5.57. The van der Waals surface area contributed by atoms with Gasteiger partial charge in [-0.15, -0.1) is 0 Å². The van der Waals surface area contributed by atoms with Crippen LogP contribution in [0.25, 0.3) is 0 Å². The van der Waals surface area contributed by atoms with E-state index in [1.807, 2.05) is 0 Å². The van der Waals surface area contributed by atoms with Gasteiger partial charge in [-0.2, -0.15) is 0 Å². The summed E-state index contributed by atoms with van der Waals surface area (Å²) in [6.07, 6.45) is 3.88. The molecule has 0 aromatic heterocycles. The number of hydrogen-bond acceptors (Lipinski definition) is 1. The van der Waals surface area contributed by atoms with Crippen LogP contribution in [0.2, 0.25) is 0 Å². The van der Waals surface area contributed by atoms with Crippen LogP contribution in [-0.4, -0.2) is 13.1 Å². The largest absolute Gasteiger partial charge is 0.316 e. The molecule has 3 unspecified atom stereocenters. The van der Waals surface area contributed by atoms with Gasteiger partial charge in [-0.3, -0.25) is 0 Å². The van der Waals surface area contributed by atoms with Crippen LogP contribution < -0.4 is 5.32 Å². The van der Waals surface area contributed by atoms with Crippen LogP contribution in [0.5, 0.6) is 0 Å². The highest BCUT2D eigenvalue weighted by Gasteiger charge is 2.61. The minimum absolute atomic E-state index is 0.506. The summed E-state index contributed by atoms with van der Waals surface area (Å²) in [7, 11) is 2.14. The fraction of sp³-hybridized carbons (Fsp3) is 0.625. The lowest BCUT2D eigenvalue weighted by atomic mass is 9.48. The van der Waals surface area contributed by atoms with Crippen molar-refractivity contribution in [3.8, 4) is 0 Å². The summed E-state index contributed by atoms with van der Waals surface area (Å²) in [6, 6.07) is 9.82. The summed E-state index contributed by atoms with van der Waals surface area (Å²) in [4.78, 5) is 0. The monoisotopic (exact) mass is 229 g/mol. The first-order chi connectivity index (χ1) is 8.28. The third-order valence-electron chi connectivity index (χ3n) is 5.57. The highest BCUT2D eigenvalue weighted by atomic mass is 15.0. The molecule has 0 heterocycles. The van der Waals surface area contributed by atoms with Crippen molar-refractivity contribution >= 4 is 0 Å². The Labute approximate surface area is 105 Å². The average molecular weight is 229 g/mol. The molecule has 3 atom stereocenters. The van der Waals surface area contributed by atoms with Crippen LogP contribution in [0.1, 0.15) is 43.7 Å². The quantitative estimate of drug-likeness (QED) is 0.838. The average Bonchev–Trinajstić information content (AvgIpc) is 2.68. The highest BCUT2D eigenvalue weighted by Crippen LogP contribution is 2.65. The van der Waals surface area contributed by atoms with Crippen molar-refractivity contribution in [2.24, 2.45) is 11.3 Å². The molecular formula is C16H23N. The maximum Gasteiger partial charge on any atom is 0.0164 e. The highest BCUT2D eigenvalue weighted by molar-refractivity contribution is 5.43. The van der Waals surface area contributed by atoms with E-state index >= 15 is 0 Å². The van der Waals surface area contributed by atoms with Crippen LogP contribution >= 0.6 is 0 Å². The molecule has 1 saturated carbocycles. The fourth-order valence-electron chi connectivity index (χ4n) is 4.80. The molecule has 1 aromatic carbocycles. The van der Waals surface area contributed by atoms with Crippen LogP contribution in [0.4, 0.5) is 0 Å². The standard InChI is InChI=1S/C16H23N/c1-4-16(5-2)14-12-9-7-6-8-11(12)10-13(14)15(16)17-3/h6-9,13-15,17H,4-5,10H2,1-3H3. The smallest absolute Gasteiger partial charge is 0.0164 e. The van der Waals surface area contributed by atoms with Gasteiger partial charge in [-0.25, -0.2) is 0 Å². The van der Waals surface area contributed by atoms with Crippen molar-refractivity contribution in [2.45, 2.75) is 45.1 Å². The molecule has 0 spiro atoms. The molecule has 0 aliphatic heterocycles. The number of benzene rings is 1. The topological polar surface area (TPSA) is 12.0 Å². The Balaban J connectivity index is 2.03. The molecule has 17 heavy (non-hydrogen) atoms. The lowest BCUT2D eigenvalue weighted by Crippen LogP contribution is -2.62. The molecule has 2 aliphatic rings. The van der Waals surface area contributed by atoms with E-state index in [0.29, 0.717) is 5.41 Å². The first-order valence-electron chi connectivity index (χ1n) is 7.03. The van der Waals surface area contributed by atoms with Gasteiger partial charge >= 0.3 is 0 Å². The minimum Gasteiger partial charge on any atom is -0.316 e. The van der Waals surface area contributed by atoms with Crippen LogP contribution in [-0.2, 0) is 6.42 Å². The lowest BCUT2D eigenvalue weighted by Gasteiger charge is -2.59. The molecule has 0 amide bonds. The van der Waals surface area contributed by atoms with Gasteiger partial charge in [0.25, 0.3) is 0 Å². The second kappa shape index (κ2) is 3.84. The Morgan fingerprint density at radius 3 is 2.59 bits per heavy atom. The second-order valence-electron chi connectivity index (χ2n) is 5.75. The summed E-state index contributed by atoms with van der Waals surface area (Å²) in [5.74, 6) is 1.66. The molecule has 1 aromatic rings. The van der Waals surface area contributed by atoms with Crippen LogP contribution in [0.15, 0.2) is 24.3 Å². The summed E-state index contributed by atoms with van der Waals surface area (Å²) >= 11 is 0. The van der Waals surface area contributed by atoms with Crippen molar-refractivity contribution in [2.75, 3.05) is 7.05 Å². The molecule has 0 bridgehead atoms. The van der Waals surface area contributed by atoms with Crippen LogP contribution in [0.3, 0.4) is 0 Å². The lowest BCUT2D eigenvalue weighted by molar-refractivity contribution is -0.0340. The molecule has 3 rings (SSSR count). The van der Waals surface area contributed by atoms with Gasteiger partial charge in [0.2, 0.25) is 0 Å². The summed E-state index contributed by atoms with van der Waals surface area (Å²) in [5.41, 5.74) is 3.76. The van der Waals surface area contributed by atoms with E-state index in [9.17, 15) is 0 Å². The van der Waals surface area contributed by atoms with E-state index in [-0.39, 0.29) is 0 Å². The fourth-order valence-corrected chi connectivity index (χ4v) is 4.80. The van der Waals surface area contributed by atoms with Gasteiger partial charge < -0.3 is 5.32 Å². The maximum absolute atomic E-state index is 3.60. The first kappa shape index (κ1) is 11.3. The number of hydrogen-bond donors (Lipinski definition) is 1. The van der Waals surface area contributed by atoms with Gasteiger partial charge in [-0.1, -0.05) is 38.1 Å². The molecule has 1 fully saturated rings. The van der Waals surface area contributed by atoms with E-state index in [1.165, 1.54) is 19.3 Å². The summed E-state index contributed by atoms with van der Waals surface area (Å²) in [6.45, 7) is 4.73. The molecule has 92 valence electrons. The molecule has 2 aliphatic carbocycles. The SMILES string of the molecule is CCC1(CC)C(NC)C2Cc3ccccc3C21. The Kier molecular flexibility index (Phi) is 2.55. The zero-order valence-corrected chi connectivity index (χ0v) is 11.2. The zero-order valence-electron chi connectivity index (χ0n) is 11.2. The zero-order chi connectivity index (χ0) is 12.0. The third kappa shape index (κ3) is 1.24. The maximum atomic E-state index is 3.60. The van der Waals surface area contributed by atoms with Crippen molar-refractivity contribution in [1.82, 2.24) is 5.32 Å². The van der Waals surface area contributed by atoms with Crippen molar-refractivity contribution < 1.29 is 0 Å². The normalized spacial score (nSPS) is 32.8. The Morgan fingerprint density at radius 1 is 1.24 bits per heavy atom. The van der Waals surface area contributed by atoms with Gasteiger partial charge in [0.05, 0.1) is 0 Å². The van der Waals surface area contributed by atoms with Gasteiger partial charge in [0.1, 0.15) is 0 Å². The van der Waals surface area contributed by atoms with E-state index in [0.717, 1.165) is 17.9 Å². The predicted molar refractivity (Wildman–Crippen MR) is 72.2 cm³/mol. The van der Waals surface area contributed by atoms with Crippen molar-refractivity contribution in [3.63, 3.8) is 0 Å². The predicted octanol–water partition coefficient (Wildman–Crippen LogP) is 3.35. The van der Waals surface area contributed by atoms with Crippen molar-refractivity contribution in [1.29, 1.82) is 0 Å². The number of rotatable bonds is 3.